The topological polar surface area (TPSA) is 68.9 Å². The van der Waals surface area contributed by atoms with Gasteiger partial charge in [0, 0.05) is 6.42 Å². The number of carbonyl (C=O) groups is 1. The van der Waals surface area contributed by atoms with Crippen LogP contribution >= 0.6 is 0 Å². The van der Waals surface area contributed by atoms with Gasteiger partial charge in [0.05, 0.1) is 5.69 Å². The van der Waals surface area contributed by atoms with Crippen LogP contribution in [0.25, 0.3) is 5.57 Å². The SMILES string of the molecule is Nc1ccc(C2=CC(=O)CCC2)nn1. The van der Waals surface area contributed by atoms with Crippen molar-refractivity contribution in [3.8, 4) is 0 Å². The molecule has 0 amide bonds. The van der Waals surface area contributed by atoms with Gasteiger partial charge in [0.1, 0.15) is 5.82 Å². The molecule has 14 heavy (non-hydrogen) atoms. The summed E-state index contributed by atoms with van der Waals surface area (Å²) in [6, 6.07) is 3.50. The first-order valence-corrected chi connectivity index (χ1v) is 4.59. The van der Waals surface area contributed by atoms with Gasteiger partial charge in [-0.3, -0.25) is 4.79 Å². The molecule has 0 spiro atoms. The number of anilines is 1. The number of allylic oxidation sites excluding steroid dienone is 2. The van der Waals surface area contributed by atoms with Crippen molar-refractivity contribution in [3.05, 3.63) is 23.9 Å². The number of ketones is 1. The van der Waals surface area contributed by atoms with E-state index in [1.54, 1.807) is 18.2 Å². The molecule has 0 saturated heterocycles. The number of hydrogen-bond donors (Lipinski definition) is 1. The van der Waals surface area contributed by atoms with Crippen LogP contribution in [0.15, 0.2) is 18.2 Å². The molecule has 0 aromatic carbocycles. The summed E-state index contributed by atoms with van der Waals surface area (Å²) in [6.45, 7) is 0. The fourth-order valence-corrected chi connectivity index (χ4v) is 1.51. The molecule has 1 aliphatic carbocycles. The highest BCUT2D eigenvalue weighted by atomic mass is 16.1. The molecule has 1 aliphatic rings. The Balaban J connectivity index is 2.30. The second kappa shape index (κ2) is 3.57. The van der Waals surface area contributed by atoms with Gasteiger partial charge in [-0.05, 0) is 36.6 Å². The van der Waals surface area contributed by atoms with Crippen molar-refractivity contribution in [1.82, 2.24) is 10.2 Å². The highest BCUT2D eigenvalue weighted by molar-refractivity contribution is 5.97. The zero-order valence-electron chi connectivity index (χ0n) is 7.73. The molecular formula is C10H11N3O. The van der Waals surface area contributed by atoms with Gasteiger partial charge >= 0.3 is 0 Å². The summed E-state index contributed by atoms with van der Waals surface area (Å²) in [4.78, 5) is 11.2. The number of nitrogen functional groups attached to an aromatic ring is 1. The normalized spacial score (nSPS) is 16.6. The van der Waals surface area contributed by atoms with Crippen molar-refractivity contribution in [1.29, 1.82) is 0 Å². The van der Waals surface area contributed by atoms with E-state index >= 15 is 0 Å². The number of aromatic nitrogens is 2. The Kier molecular flexibility index (Phi) is 2.26. The number of nitrogens with two attached hydrogens (primary N) is 1. The maximum Gasteiger partial charge on any atom is 0.156 e. The van der Waals surface area contributed by atoms with Crippen LogP contribution in [-0.4, -0.2) is 16.0 Å². The molecule has 4 nitrogen and oxygen atoms in total. The summed E-state index contributed by atoms with van der Waals surface area (Å²) >= 11 is 0. The maximum atomic E-state index is 11.2. The van der Waals surface area contributed by atoms with Gasteiger partial charge in [-0.1, -0.05) is 0 Å². The molecule has 4 heteroatoms. The minimum atomic E-state index is 0.171. The van der Waals surface area contributed by atoms with Crippen LogP contribution in [0.3, 0.4) is 0 Å². The van der Waals surface area contributed by atoms with Crippen molar-refractivity contribution in [3.63, 3.8) is 0 Å². The van der Waals surface area contributed by atoms with Crippen molar-refractivity contribution >= 4 is 17.2 Å². The molecule has 2 rings (SSSR count). The average Bonchev–Trinajstić information content (AvgIpc) is 2.19. The van der Waals surface area contributed by atoms with Crippen molar-refractivity contribution in [2.75, 3.05) is 5.73 Å². The third-order valence-corrected chi connectivity index (χ3v) is 2.22. The van der Waals surface area contributed by atoms with Crippen LogP contribution in [0.4, 0.5) is 5.82 Å². The summed E-state index contributed by atoms with van der Waals surface area (Å²) in [5.41, 5.74) is 7.15. The molecule has 1 aromatic heterocycles. The number of nitrogens with zero attached hydrogens (tertiary/aromatic N) is 2. The molecule has 72 valence electrons. The van der Waals surface area contributed by atoms with E-state index in [-0.39, 0.29) is 5.78 Å². The number of rotatable bonds is 1. The van der Waals surface area contributed by atoms with Crippen molar-refractivity contribution < 1.29 is 4.79 Å². The lowest BCUT2D eigenvalue weighted by Crippen LogP contribution is -2.04. The third kappa shape index (κ3) is 1.79. The van der Waals surface area contributed by atoms with E-state index in [0.717, 1.165) is 24.1 Å². The molecule has 1 aromatic rings. The Morgan fingerprint density at radius 3 is 2.71 bits per heavy atom. The molecule has 0 saturated carbocycles. The van der Waals surface area contributed by atoms with Gasteiger partial charge in [-0.2, -0.15) is 0 Å². The monoisotopic (exact) mass is 189 g/mol. The summed E-state index contributed by atoms with van der Waals surface area (Å²) in [5, 5.41) is 7.70. The second-order valence-corrected chi connectivity index (χ2v) is 3.33. The molecule has 0 unspecified atom stereocenters. The minimum absolute atomic E-state index is 0.171. The van der Waals surface area contributed by atoms with E-state index in [4.69, 9.17) is 5.73 Å². The predicted molar refractivity (Wildman–Crippen MR) is 53.3 cm³/mol. The van der Waals surface area contributed by atoms with E-state index in [2.05, 4.69) is 10.2 Å². The molecular weight excluding hydrogens is 178 g/mol. The second-order valence-electron chi connectivity index (χ2n) is 3.33. The highest BCUT2D eigenvalue weighted by Crippen LogP contribution is 2.23. The van der Waals surface area contributed by atoms with Gasteiger partial charge in [0.15, 0.2) is 5.78 Å². The van der Waals surface area contributed by atoms with E-state index < -0.39 is 0 Å². The minimum Gasteiger partial charge on any atom is -0.382 e. The Morgan fingerprint density at radius 1 is 1.21 bits per heavy atom. The lowest BCUT2D eigenvalue weighted by atomic mass is 9.96. The highest BCUT2D eigenvalue weighted by Gasteiger charge is 2.12. The fourth-order valence-electron chi connectivity index (χ4n) is 1.51. The lowest BCUT2D eigenvalue weighted by Gasteiger charge is -2.10. The first-order valence-electron chi connectivity index (χ1n) is 4.59. The van der Waals surface area contributed by atoms with Gasteiger partial charge in [0.2, 0.25) is 0 Å². The Hall–Kier alpha value is -1.71. The molecule has 0 aliphatic heterocycles. The fraction of sp³-hybridized carbons (Fsp3) is 0.300. The van der Waals surface area contributed by atoms with Gasteiger partial charge in [0.25, 0.3) is 0 Å². The average molecular weight is 189 g/mol. The van der Waals surface area contributed by atoms with E-state index in [1.807, 2.05) is 0 Å². The largest absolute Gasteiger partial charge is 0.382 e. The molecule has 1 heterocycles. The molecule has 0 radical (unpaired) electrons. The quantitative estimate of drug-likeness (QED) is 0.720. The predicted octanol–water partition coefficient (Wildman–Crippen LogP) is 1.20. The van der Waals surface area contributed by atoms with Gasteiger partial charge < -0.3 is 5.73 Å². The van der Waals surface area contributed by atoms with Crippen LogP contribution < -0.4 is 5.73 Å². The van der Waals surface area contributed by atoms with Crippen molar-refractivity contribution in [2.24, 2.45) is 0 Å². The lowest BCUT2D eigenvalue weighted by molar-refractivity contribution is -0.114. The van der Waals surface area contributed by atoms with Gasteiger partial charge in [-0.15, -0.1) is 10.2 Å². The van der Waals surface area contributed by atoms with Crippen LogP contribution in [0, 0.1) is 0 Å². The Labute approximate surface area is 81.8 Å². The number of hydrogen-bond acceptors (Lipinski definition) is 4. The molecule has 2 N–H and O–H groups in total. The summed E-state index contributed by atoms with van der Waals surface area (Å²) in [5.74, 6) is 0.571. The third-order valence-electron chi connectivity index (χ3n) is 2.22. The first kappa shape index (κ1) is 8.87. The first-order chi connectivity index (χ1) is 6.75. The molecule has 0 atom stereocenters. The van der Waals surface area contributed by atoms with E-state index in [1.165, 1.54) is 0 Å². The zero-order chi connectivity index (χ0) is 9.97. The van der Waals surface area contributed by atoms with Crippen molar-refractivity contribution in [2.45, 2.75) is 19.3 Å². The molecule has 0 fully saturated rings. The van der Waals surface area contributed by atoms with Crippen LogP contribution in [0.2, 0.25) is 0 Å². The van der Waals surface area contributed by atoms with E-state index in [9.17, 15) is 4.79 Å². The summed E-state index contributed by atoms with van der Waals surface area (Å²) < 4.78 is 0. The summed E-state index contributed by atoms with van der Waals surface area (Å²) in [7, 11) is 0. The van der Waals surface area contributed by atoms with Crippen LogP contribution in [-0.2, 0) is 4.79 Å². The van der Waals surface area contributed by atoms with Crippen LogP contribution in [0.1, 0.15) is 25.0 Å². The molecule has 0 bridgehead atoms. The van der Waals surface area contributed by atoms with Gasteiger partial charge in [-0.25, -0.2) is 0 Å². The Bertz CT molecular complexity index is 381. The number of carbonyl (C=O) groups excluding carboxylic acids is 1. The van der Waals surface area contributed by atoms with E-state index in [0.29, 0.717) is 12.2 Å². The summed E-state index contributed by atoms with van der Waals surface area (Å²) in [6.07, 6.45) is 4.09. The standard InChI is InChI=1S/C10H11N3O/c11-10-5-4-9(12-13-10)7-2-1-3-8(14)6-7/h4-6H,1-3H2,(H2,11,13). The maximum absolute atomic E-state index is 11.2. The Morgan fingerprint density at radius 2 is 2.07 bits per heavy atom. The van der Waals surface area contributed by atoms with Crippen LogP contribution in [0.5, 0.6) is 0 Å². The zero-order valence-corrected chi connectivity index (χ0v) is 7.73. The smallest absolute Gasteiger partial charge is 0.156 e.